The van der Waals surface area contributed by atoms with Gasteiger partial charge in [0.25, 0.3) is 0 Å². The summed E-state index contributed by atoms with van der Waals surface area (Å²) in [6, 6.07) is 1.89. The van der Waals surface area contributed by atoms with Gasteiger partial charge in [-0.15, -0.1) is 0 Å². The Hall–Kier alpha value is -1.16. The van der Waals surface area contributed by atoms with E-state index >= 15 is 0 Å². The summed E-state index contributed by atoms with van der Waals surface area (Å²) >= 11 is 0. The topological polar surface area (TPSA) is 28.2 Å². The number of aromatic nitrogens is 1. The molecule has 1 aromatic heterocycles. The molecule has 1 aromatic rings. The van der Waals surface area contributed by atoms with Gasteiger partial charge in [0.1, 0.15) is 11.6 Å². The van der Waals surface area contributed by atoms with Gasteiger partial charge in [0, 0.05) is 25.2 Å². The number of halogens is 1. The number of anilines is 1. The highest BCUT2D eigenvalue weighted by atomic mass is 19.1. The van der Waals surface area contributed by atoms with E-state index in [1.54, 1.807) is 6.07 Å². The maximum absolute atomic E-state index is 13.1. The smallest absolute Gasteiger partial charge is 0.141 e. The van der Waals surface area contributed by atoms with Gasteiger partial charge in [0.15, 0.2) is 0 Å². The Morgan fingerprint density at radius 2 is 2.19 bits per heavy atom. The zero-order chi connectivity index (χ0) is 12.1. The molecule has 0 saturated carbocycles. The molecule has 0 aliphatic rings. The van der Waals surface area contributed by atoms with Gasteiger partial charge in [-0.05, 0) is 26.5 Å². The van der Waals surface area contributed by atoms with E-state index in [1.807, 2.05) is 18.9 Å². The lowest BCUT2D eigenvalue weighted by molar-refractivity contribution is 0.611. The summed E-state index contributed by atoms with van der Waals surface area (Å²) < 4.78 is 13.1. The Morgan fingerprint density at radius 1 is 1.50 bits per heavy atom. The average molecular weight is 225 g/mol. The van der Waals surface area contributed by atoms with Gasteiger partial charge >= 0.3 is 0 Å². The van der Waals surface area contributed by atoms with Gasteiger partial charge in [0.05, 0.1) is 6.20 Å². The number of hydrogen-bond donors (Lipinski definition) is 1. The van der Waals surface area contributed by atoms with Crippen LogP contribution in [0.4, 0.5) is 10.2 Å². The van der Waals surface area contributed by atoms with Gasteiger partial charge in [-0.25, -0.2) is 9.37 Å². The third-order valence-electron chi connectivity index (χ3n) is 2.58. The second kappa shape index (κ2) is 5.80. The van der Waals surface area contributed by atoms with Crippen LogP contribution in [0.15, 0.2) is 12.3 Å². The molecule has 1 N–H and O–H groups in total. The number of pyridine rings is 1. The standard InChI is InChI=1S/C12H20FN3/c1-5-14-7-10-6-11(13)8-15-12(10)16(4)9(2)3/h6,8-9,14H,5,7H2,1-4H3. The van der Waals surface area contributed by atoms with Crippen LogP contribution in [0.25, 0.3) is 0 Å². The van der Waals surface area contributed by atoms with Crippen molar-refractivity contribution < 1.29 is 4.39 Å². The Kier molecular flexibility index (Phi) is 4.68. The Labute approximate surface area is 96.7 Å². The summed E-state index contributed by atoms with van der Waals surface area (Å²) in [6.07, 6.45) is 1.27. The second-order valence-corrected chi connectivity index (χ2v) is 4.12. The van der Waals surface area contributed by atoms with Crippen LogP contribution in [0, 0.1) is 5.82 Å². The van der Waals surface area contributed by atoms with Crippen LogP contribution in [-0.4, -0.2) is 24.6 Å². The molecule has 0 aliphatic carbocycles. The molecule has 0 aromatic carbocycles. The normalized spacial score (nSPS) is 10.9. The number of hydrogen-bond acceptors (Lipinski definition) is 3. The van der Waals surface area contributed by atoms with Crippen LogP contribution >= 0.6 is 0 Å². The van der Waals surface area contributed by atoms with Crippen LogP contribution < -0.4 is 10.2 Å². The molecule has 0 fully saturated rings. The van der Waals surface area contributed by atoms with E-state index in [4.69, 9.17) is 0 Å². The van der Waals surface area contributed by atoms with Gasteiger partial charge in [-0.1, -0.05) is 6.92 Å². The van der Waals surface area contributed by atoms with Crippen LogP contribution in [-0.2, 0) is 6.54 Å². The summed E-state index contributed by atoms with van der Waals surface area (Å²) in [7, 11) is 1.97. The molecule has 0 unspecified atom stereocenters. The van der Waals surface area contributed by atoms with Crippen molar-refractivity contribution in [3.05, 3.63) is 23.6 Å². The highest BCUT2D eigenvalue weighted by Crippen LogP contribution is 2.19. The van der Waals surface area contributed by atoms with Crippen LogP contribution in [0.1, 0.15) is 26.3 Å². The Balaban J connectivity index is 2.97. The molecule has 0 bridgehead atoms. The maximum atomic E-state index is 13.1. The molecule has 3 nitrogen and oxygen atoms in total. The number of nitrogens with zero attached hydrogens (tertiary/aromatic N) is 2. The SMILES string of the molecule is CCNCc1cc(F)cnc1N(C)C(C)C. The minimum absolute atomic E-state index is 0.284. The predicted octanol–water partition coefficient (Wildman–Crippen LogP) is 2.17. The Morgan fingerprint density at radius 3 is 2.75 bits per heavy atom. The minimum atomic E-state index is -0.284. The quantitative estimate of drug-likeness (QED) is 0.832. The van der Waals surface area contributed by atoms with E-state index in [9.17, 15) is 4.39 Å². The molecule has 0 spiro atoms. The molecule has 0 radical (unpaired) electrons. The lowest BCUT2D eigenvalue weighted by Gasteiger charge is -2.25. The van der Waals surface area contributed by atoms with Crippen molar-refractivity contribution in [1.82, 2.24) is 10.3 Å². The van der Waals surface area contributed by atoms with Gasteiger partial charge in [-0.3, -0.25) is 0 Å². The van der Waals surface area contributed by atoms with Gasteiger partial charge in [0.2, 0.25) is 0 Å². The third kappa shape index (κ3) is 3.17. The first kappa shape index (κ1) is 12.9. The lowest BCUT2D eigenvalue weighted by Crippen LogP contribution is -2.28. The lowest BCUT2D eigenvalue weighted by atomic mass is 10.2. The zero-order valence-corrected chi connectivity index (χ0v) is 10.4. The van der Waals surface area contributed by atoms with Crippen molar-refractivity contribution in [2.45, 2.75) is 33.4 Å². The third-order valence-corrected chi connectivity index (χ3v) is 2.58. The molecule has 90 valence electrons. The summed E-state index contributed by atoms with van der Waals surface area (Å²) in [6.45, 7) is 7.71. The summed E-state index contributed by atoms with van der Waals surface area (Å²) in [5.74, 6) is 0.561. The molecule has 4 heteroatoms. The highest BCUT2D eigenvalue weighted by Gasteiger charge is 2.12. The fourth-order valence-electron chi connectivity index (χ4n) is 1.43. The fourth-order valence-corrected chi connectivity index (χ4v) is 1.43. The zero-order valence-electron chi connectivity index (χ0n) is 10.4. The Bertz CT molecular complexity index is 339. The number of nitrogens with one attached hydrogen (secondary N) is 1. The van der Waals surface area contributed by atoms with Crippen LogP contribution in [0.3, 0.4) is 0 Å². The van der Waals surface area contributed by atoms with E-state index in [1.165, 1.54) is 6.20 Å². The average Bonchev–Trinajstić information content (AvgIpc) is 2.25. The van der Waals surface area contributed by atoms with E-state index < -0.39 is 0 Å². The van der Waals surface area contributed by atoms with Crippen molar-refractivity contribution >= 4 is 5.82 Å². The van der Waals surface area contributed by atoms with Crippen molar-refractivity contribution in [2.24, 2.45) is 0 Å². The molecule has 1 rings (SSSR count). The largest absolute Gasteiger partial charge is 0.357 e. The molecule has 0 saturated heterocycles. The van der Waals surface area contributed by atoms with E-state index in [2.05, 4.69) is 24.1 Å². The summed E-state index contributed by atoms with van der Waals surface area (Å²) in [4.78, 5) is 6.21. The summed E-state index contributed by atoms with van der Waals surface area (Å²) in [5.41, 5.74) is 0.901. The monoisotopic (exact) mass is 225 g/mol. The predicted molar refractivity (Wildman–Crippen MR) is 65.1 cm³/mol. The van der Waals surface area contributed by atoms with E-state index in [0.717, 1.165) is 17.9 Å². The van der Waals surface area contributed by atoms with Gasteiger partial charge in [-0.2, -0.15) is 0 Å². The molecule has 0 amide bonds. The van der Waals surface area contributed by atoms with Crippen molar-refractivity contribution in [1.29, 1.82) is 0 Å². The first-order valence-electron chi connectivity index (χ1n) is 5.64. The molecule has 1 heterocycles. The molecular formula is C12H20FN3. The molecule has 16 heavy (non-hydrogen) atoms. The summed E-state index contributed by atoms with van der Waals surface area (Å²) in [5, 5.41) is 3.19. The van der Waals surface area contributed by atoms with Gasteiger partial charge < -0.3 is 10.2 Å². The number of rotatable bonds is 5. The molecule has 0 aliphatic heterocycles. The molecular weight excluding hydrogens is 205 g/mol. The fraction of sp³-hybridized carbons (Fsp3) is 0.583. The second-order valence-electron chi connectivity index (χ2n) is 4.12. The van der Waals surface area contributed by atoms with Crippen LogP contribution in [0.2, 0.25) is 0 Å². The first-order valence-corrected chi connectivity index (χ1v) is 5.64. The minimum Gasteiger partial charge on any atom is -0.357 e. The van der Waals surface area contributed by atoms with Crippen LogP contribution in [0.5, 0.6) is 0 Å². The first-order chi connectivity index (χ1) is 7.56. The maximum Gasteiger partial charge on any atom is 0.141 e. The van der Waals surface area contributed by atoms with Crippen molar-refractivity contribution in [3.8, 4) is 0 Å². The van der Waals surface area contributed by atoms with Crippen molar-refractivity contribution in [2.75, 3.05) is 18.5 Å². The van der Waals surface area contributed by atoms with E-state index in [0.29, 0.717) is 12.6 Å². The van der Waals surface area contributed by atoms with E-state index in [-0.39, 0.29) is 5.82 Å². The van der Waals surface area contributed by atoms with Crippen molar-refractivity contribution in [3.63, 3.8) is 0 Å². The molecule has 0 atom stereocenters. The highest BCUT2D eigenvalue weighted by molar-refractivity contribution is 5.46.